The lowest BCUT2D eigenvalue weighted by Crippen LogP contribution is -2.56. The molecule has 4 aliphatic rings. The highest BCUT2D eigenvalue weighted by Crippen LogP contribution is 2.39. The minimum atomic E-state index is -2.91. The third-order valence-corrected chi connectivity index (χ3v) is 13.3. The molecule has 6 rings (SSSR count). The number of benzene rings is 2. The summed E-state index contributed by atoms with van der Waals surface area (Å²) < 4.78 is 45.7. The summed E-state index contributed by atoms with van der Waals surface area (Å²) >= 11 is 0. The number of nitrogens with one attached hydrogen (secondary N) is 1. The summed E-state index contributed by atoms with van der Waals surface area (Å²) in [5, 5.41) is 3.50. The van der Waals surface area contributed by atoms with Gasteiger partial charge in [-0.25, -0.2) is 16.8 Å². The van der Waals surface area contributed by atoms with Gasteiger partial charge >= 0.3 is 0 Å². The van der Waals surface area contributed by atoms with Crippen molar-refractivity contribution < 1.29 is 16.8 Å². The maximum atomic E-state index is 12.4. The average Bonchev–Trinajstić information content (AvgIpc) is 3.61. The highest BCUT2D eigenvalue weighted by atomic mass is 32.2. The molecule has 42 heavy (non-hydrogen) atoms. The molecule has 0 spiro atoms. The van der Waals surface area contributed by atoms with Crippen molar-refractivity contribution in [2.75, 3.05) is 17.3 Å². The molecule has 0 amide bonds. The molecule has 2 heterocycles. The van der Waals surface area contributed by atoms with E-state index in [1.807, 2.05) is 18.2 Å². The van der Waals surface area contributed by atoms with Gasteiger partial charge in [-0.15, -0.1) is 0 Å². The van der Waals surface area contributed by atoms with Gasteiger partial charge < -0.3 is 5.32 Å². The van der Waals surface area contributed by atoms with Crippen LogP contribution in [0.15, 0.2) is 65.7 Å². The van der Waals surface area contributed by atoms with Crippen LogP contribution < -0.4 is 5.32 Å². The maximum Gasteiger partial charge on any atom is 0.154 e. The van der Waals surface area contributed by atoms with E-state index in [9.17, 15) is 16.8 Å². The first-order chi connectivity index (χ1) is 20.3. The highest BCUT2D eigenvalue weighted by Gasteiger charge is 2.48. The van der Waals surface area contributed by atoms with E-state index in [1.54, 1.807) is 0 Å². The van der Waals surface area contributed by atoms with Crippen molar-refractivity contribution in [3.63, 3.8) is 0 Å². The van der Waals surface area contributed by atoms with Crippen LogP contribution in [0.1, 0.15) is 101 Å². The summed E-state index contributed by atoms with van der Waals surface area (Å²) in [6, 6.07) is 20.8. The first-order valence-electron chi connectivity index (χ1n) is 16.1. The third kappa shape index (κ3) is 10.3. The van der Waals surface area contributed by atoms with Crippen molar-refractivity contribution in [1.82, 2.24) is 5.32 Å². The lowest BCUT2D eigenvalue weighted by Gasteiger charge is -2.42. The third-order valence-electron chi connectivity index (χ3n) is 9.10. The van der Waals surface area contributed by atoms with Gasteiger partial charge in [0.15, 0.2) is 9.84 Å². The molecular formula is C34H50N2O4S2. The summed E-state index contributed by atoms with van der Waals surface area (Å²) in [4.78, 5) is 4.67. The molecule has 8 heteroatoms. The zero-order chi connectivity index (χ0) is 29.7. The van der Waals surface area contributed by atoms with Gasteiger partial charge in [-0.3, -0.25) is 4.99 Å². The maximum absolute atomic E-state index is 12.4. The van der Waals surface area contributed by atoms with Crippen LogP contribution in [0.3, 0.4) is 0 Å². The summed E-state index contributed by atoms with van der Waals surface area (Å²) in [5.41, 5.74) is 3.80. The molecule has 2 aromatic carbocycles. The minimum absolute atomic E-state index is 0.172. The molecule has 1 N–H and O–H groups in total. The highest BCUT2D eigenvalue weighted by molar-refractivity contribution is 7.92. The normalized spacial score (nSPS) is 24.0. The van der Waals surface area contributed by atoms with Gasteiger partial charge in [0, 0.05) is 17.8 Å². The second-order valence-corrected chi connectivity index (χ2v) is 16.9. The number of hydrogen-bond acceptors (Lipinski definition) is 6. The molecule has 2 aliphatic heterocycles. The van der Waals surface area contributed by atoms with Gasteiger partial charge in [-0.1, -0.05) is 86.3 Å². The van der Waals surface area contributed by atoms with Crippen molar-refractivity contribution in [3.8, 4) is 0 Å². The molecule has 0 radical (unpaired) electrons. The van der Waals surface area contributed by atoms with E-state index < -0.39 is 19.7 Å². The summed E-state index contributed by atoms with van der Waals surface area (Å²) in [6.07, 6.45) is 15.5. The van der Waals surface area contributed by atoms with Gasteiger partial charge in [0.25, 0.3) is 0 Å². The van der Waals surface area contributed by atoms with Crippen molar-refractivity contribution >= 4 is 25.4 Å². The van der Waals surface area contributed by atoms with E-state index in [-0.39, 0.29) is 10.8 Å². The SMILES string of the molecule is O=S1(=O)CCCC1.O=S1(=O)CCCC1C1(NCc2ccccc2)CCCCC1.c1ccc(CN=C2CCCCC2)cc1. The zero-order valence-corrected chi connectivity index (χ0v) is 26.8. The number of rotatable bonds is 6. The van der Waals surface area contributed by atoms with E-state index in [2.05, 4.69) is 52.8 Å². The Balaban J connectivity index is 0.000000165. The molecule has 0 aromatic heterocycles. The Labute approximate surface area is 254 Å². The zero-order valence-electron chi connectivity index (χ0n) is 25.2. The molecule has 232 valence electrons. The standard InChI is InChI=1S/C17H25NO2S.C13H17N.C4H8O2S/c19-21(20)13-7-10-16(21)17(11-5-2-6-12-17)18-14-15-8-3-1-4-9-15;1-3-7-12(8-4-1)11-14-13-9-5-2-6-10-13;5-7(6)3-1-2-4-7/h1,3-4,8-9,16,18H,2,5-7,10-14H2;1,3-4,7-8H,2,5-6,9-11H2;1-4H2. The molecule has 2 saturated carbocycles. The fourth-order valence-corrected chi connectivity index (χ4v) is 10.6. The predicted molar refractivity (Wildman–Crippen MR) is 174 cm³/mol. The van der Waals surface area contributed by atoms with Gasteiger partial charge in [-0.05, 0) is 75.3 Å². The van der Waals surface area contributed by atoms with Gasteiger partial charge in [0.2, 0.25) is 0 Å². The fourth-order valence-electron chi connectivity index (χ4n) is 6.73. The molecule has 2 aliphatic carbocycles. The number of aliphatic imine (C=N–C) groups is 1. The first kappa shape index (κ1) is 32.9. The molecule has 1 atom stereocenters. The van der Waals surface area contributed by atoms with E-state index in [1.165, 1.54) is 55.4 Å². The largest absolute Gasteiger partial charge is 0.306 e. The quantitative estimate of drug-likeness (QED) is 0.385. The Hall–Kier alpha value is -2.03. The fraction of sp³-hybridized carbons (Fsp3) is 0.618. The lowest BCUT2D eigenvalue weighted by molar-refractivity contribution is 0.215. The average molecular weight is 615 g/mol. The van der Waals surface area contributed by atoms with Crippen LogP contribution in [-0.2, 0) is 32.8 Å². The molecule has 4 fully saturated rings. The smallest absolute Gasteiger partial charge is 0.154 e. The van der Waals surface area contributed by atoms with Gasteiger partial charge in [-0.2, -0.15) is 0 Å². The van der Waals surface area contributed by atoms with Gasteiger partial charge in [0.05, 0.1) is 29.1 Å². The molecular weight excluding hydrogens is 565 g/mol. The second-order valence-electron chi connectivity index (χ2n) is 12.3. The van der Waals surface area contributed by atoms with Crippen molar-refractivity contribution in [3.05, 3.63) is 71.8 Å². The van der Waals surface area contributed by atoms with E-state index >= 15 is 0 Å². The second kappa shape index (κ2) is 16.2. The van der Waals surface area contributed by atoms with Crippen LogP contribution in [0.5, 0.6) is 0 Å². The lowest BCUT2D eigenvalue weighted by atomic mass is 9.77. The van der Waals surface area contributed by atoms with Crippen molar-refractivity contribution in [2.24, 2.45) is 4.99 Å². The number of nitrogens with zero attached hydrogens (tertiary/aromatic N) is 1. The monoisotopic (exact) mass is 614 g/mol. The van der Waals surface area contributed by atoms with Crippen LogP contribution in [0.4, 0.5) is 0 Å². The molecule has 2 saturated heterocycles. The first-order valence-corrected chi connectivity index (χ1v) is 19.6. The predicted octanol–water partition coefficient (Wildman–Crippen LogP) is 6.84. The molecule has 0 bridgehead atoms. The molecule has 2 aromatic rings. The summed E-state index contributed by atoms with van der Waals surface area (Å²) in [6.45, 7) is 1.64. The number of hydrogen-bond donors (Lipinski definition) is 1. The van der Waals surface area contributed by atoms with E-state index in [0.717, 1.165) is 64.5 Å². The Bertz CT molecular complexity index is 1300. The Morgan fingerprint density at radius 2 is 1.24 bits per heavy atom. The van der Waals surface area contributed by atoms with E-state index in [0.29, 0.717) is 17.3 Å². The molecule has 6 nitrogen and oxygen atoms in total. The van der Waals surface area contributed by atoms with Crippen molar-refractivity contribution in [1.29, 1.82) is 0 Å². The van der Waals surface area contributed by atoms with Crippen LogP contribution in [-0.4, -0.2) is 50.6 Å². The van der Waals surface area contributed by atoms with E-state index in [4.69, 9.17) is 0 Å². The Morgan fingerprint density at radius 1 is 0.667 bits per heavy atom. The van der Waals surface area contributed by atoms with Crippen LogP contribution in [0.25, 0.3) is 0 Å². The van der Waals surface area contributed by atoms with Crippen molar-refractivity contribution in [2.45, 2.75) is 114 Å². The Kier molecular flexibility index (Phi) is 12.6. The Morgan fingerprint density at radius 3 is 1.76 bits per heavy atom. The topological polar surface area (TPSA) is 92.7 Å². The van der Waals surface area contributed by atoms with Crippen LogP contribution >= 0.6 is 0 Å². The van der Waals surface area contributed by atoms with Crippen LogP contribution in [0.2, 0.25) is 0 Å². The summed E-state index contributed by atoms with van der Waals surface area (Å²) in [7, 11) is -5.46. The summed E-state index contributed by atoms with van der Waals surface area (Å²) in [5.74, 6) is 1.23. The molecule has 1 unspecified atom stereocenters. The van der Waals surface area contributed by atoms with Crippen LogP contribution in [0, 0.1) is 0 Å². The minimum Gasteiger partial charge on any atom is -0.306 e. The number of sulfone groups is 2. The van der Waals surface area contributed by atoms with Gasteiger partial charge in [0.1, 0.15) is 9.84 Å².